The molecule has 5 nitrogen and oxygen atoms in total. The third-order valence-electron chi connectivity index (χ3n) is 4.45. The molecular formula is C14H28N4O. The van der Waals surface area contributed by atoms with Gasteiger partial charge in [0.25, 0.3) is 0 Å². The number of nitrogens with zero attached hydrogens (tertiary/aromatic N) is 2. The van der Waals surface area contributed by atoms with E-state index in [1.807, 2.05) is 0 Å². The number of hydrogen-bond donors (Lipinski definition) is 2. The average Bonchev–Trinajstić information content (AvgIpc) is 2.42. The van der Waals surface area contributed by atoms with E-state index in [9.17, 15) is 4.79 Å². The molecule has 19 heavy (non-hydrogen) atoms. The summed E-state index contributed by atoms with van der Waals surface area (Å²) in [5.41, 5.74) is -0.208. The lowest BCUT2D eigenvalue weighted by molar-refractivity contribution is -0.131. The molecule has 0 aliphatic carbocycles. The summed E-state index contributed by atoms with van der Waals surface area (Å²) < 4.78 is 0. The van der Waals surface area contributed by atoms with Crippen molar-refractivity contribution >= 4 is 5.91 Å². The second-order valence-electron chi connectivity index (χ2n) is 6.24. The lowest BCUT2D eigenvalue weighted by Gasteiger charge is -2.34. The third-order valence-corrected chi connectivity index (χ3v) is 4.45. The smallest absolute Gasteiger partial charge is 0.227 e. The normalized spacial score (nSPS) is 30.2. The first-order chi connectivity index (χ1) is 9.10. The van der Waals surface area contributed by atoms with Crippen LogP contribution in [0, 0.1) is 5.41 Å². The zero-order chi connectivity index (χ0) is 13.7. The first kappa shape index (κ1) is 14.8. The number of carbonyl (C=O) groups is 1. The van der Waals surface area contributed by atoms with E-state index >= 15 is 0 Å². The quantitative estimate of drug-likeness (QED) is 0.737. The number of piperidine rings is 1. The standard InChI is InChI=1S/C14H28N4O/c1-14(4-3-5-15-12-14)13(19)16-6-7-18-10-8-17(2)9-11-18/h15H,3-12H2,1-2H3,(H,16,19). The second-order valence-corrected chi connectivity index (χ2v) is 6.24. The number of carbonyl (C=O) groups excluding carboxylic acids is 1. The molecule has 0 aromatic rings. The number of rotatable bonds is 4. The molecule has 0 aromatic carbocycles. The topological polar surface area (TPSA) is 47.6 Å². The fraction of sp³-hybridized carbons (Fsp3) is 0.929. The highest BCUT2D eigenvalue weighted by molar-refractivity contribution is 5.82. The molecule has 110 valence electrons. The van der Waals surface area contributed by atoms with Gasteiger partial charge >= 0.3 is 0 Å². The van der Waals surface area contributed by atoms with Crippen molar-refractivity contribution in [2.24, 2.45) is 5.41 Å². The summed E-state index contributed by atoms with van der Waals surface area (Å²) in [4.78, 5) is 17.0. The zero-order valence-electron chi connectivity index (χ0n) is 12.4. The van der Waals surface area contributed by atoms with Crippen molar-refractivity contribution < 1.29 is 4.79 Å². The molecule has 2 heterocycles. The second kappa shape index (κ2) is 6.68. The highest BCUT2D eigenvalue weighted by Crippen LogP contribution is 2.25. The minimum absolute atomic E-state index is 0.208. The Morgan fingerprint density at radius 1 is 1.32 bits per heavy atom. The van der Waals surface area contributed by atoms with Crippen molar-refractivity contribution in [1.29, 1.82) is 0 Å². The van der Waals surface area contributed by atoms with E-state index in [2.05, 4.69) is 34.4 Å². The van der Waals surface area contributed by atoms with E-state index in [0.717, 1.165) is 65.2 Å². The maximum Gasteiger partial charge on any atom is 0.227 e. The van der Waals surface area contributed by atoms with Gasteiger partial charge in [-0.05, 0) is 33.4 Å². The Morgan fingerprint density at radius 3 is 2.68 bits per heavy atom. The monoisotopic (exact) mass is 268 g/mol. The predicted molar refractivity (Wildman–Crippen MR) is 77.2 cm³/mol. The summed E-state index contributed by atoms with van der Waals surface area (Å²) in [6.07, 6.45) is 2.10. The summed E-state index contributed by atoms with van der Waals surface area (Å²) in [6.45, 7) is 10.2. The van der Waals surface area contributed by atoms with Crippen molar-refractivity contribution in [3.8, 4) is 0 Å². The van der Waals surface area contributed by atoms with Crippen LogP contribution in [-0.4, -0.2) is 75.1 Å². The number of nitrogens with one attached hydrogen (secondary N) is 2. The average molecular weight is 268 g/mol. The van der Waals surface area contributed by atoms with E-state index in [1.165, 1.54) is 0 Å². The first-order valence-electron chi connectivity index (χ1n) is 7.50. The van der Waals surface area contributed by atoms with Crippen LogP contribution < -0.4 is 10.6 Å². The van der Waals surface area contributed by atoms with Crippen LogP contribution in [0.5, 0.6) is 0 Å². The van der Waals surface area contributed by atoms with Gasteiger partial charge in [0.05, 0.1) is 5.41 Å². The molecule has 0 saturated carbocycles. The van der Waals surface area contributed by atoms with Gasteiger partial charge in [0, 0.05) is 45.8 Å². The highest BCUT2D eigenvalue weighted by Gasteiger charge is 2.34. The molecule has 2 aliphatic heterocycles. The van der Waals surface area contributed by atoms with Crippen LogP contribution >= 0.6 is 0 Å². The molecule has 1 unspecified atom stereocenters. The van der Waals surface area contributed by atoms with Gasteiger partial charge in [-0.1, -0.05) is 0 Å². The van der Waals surface area contributed by atoms with Crippen molar-refractivity contribution in [3.63, 3.8) is 0 Å². The van der Waals surface area contributed by atoms with E-state index in [1.54, 1.807) is 0 Å². The summed E-state index contributed by atoms with van der Waals surface area (Å²) in [5, 5.41) is 6.44. The molecule has 2 rings (SSSR count). The number of amides is 1. The Morgan fingerprint density at radius 2 is 2.05 bits per heavy atom. The molecule has 0 radical (unpaired) electrons. The van der Waals surface area contributed by atoms with Crippen molar-refractivity contribution in [2.75, 3.05) is 59.4 Å². The fourth-order valence-electron chi connectivity index (χ4n) is 2.86. The number of hydrogen-bond acceptors (Lipinski definition) is 4. The van der Waals surface area contributed by atoms with Crippen molar-refractivity contribution in [1.82, 2.24) is 20.4 Å². The maximum absolute atomic E-state index is 12.2. The van der Waals surface area contributed by atoms with Gasteiger partial charge in [-0.3, -0.25) is 9.69 Å². The van der Waals surface area contributed by atoms with Gasteiger partial charge in [0.15, 0.2) is 0 Å². The molecule has 2 saturated heterocycles. The first-order valence-corrected chi connectivity index (χ1v) is 7.50. The minimum Gasteiger partial charge on any atom is -0.354 e. The fourth-order valence-corrected chi connectivity index (χ4v) is 2.86. The van der Waals surface area contributed by atoms with Gasteiger partial charge in [-0.15, -0.1) is 0 Å². The predicted octanol–water partition coefficient (Wildman–Crippen LogP) is -0.260. The third kappa shape index (κ3) is 4.16. The molecule has 2 fully saturated rings. The lowest BCUT2D eigenvalue weighted by Crippen LogP contribution is -2.51. The van der Waals surface area contributed by atoms with Crippen LogP contribution in [0.2, 0.25) is 0 Å². The summed E-state index contributed by atoms with van der Waals surface area (Å²) in [6, 6.07) is 0. The highest BCUT2D eigenvalue weighted by atomic mass is 16.2. The Kier molecular flexibility index (Phi) is 5.19. The van der Waals surface area contributed by atoms with E-state index < -0.39 is 0 Å². The number of piperazine rings is 1. The molecule has 0 bridgehead atoms. The SMILES string of the molecule is CN1CCN(CCNC(=O)C2(C)CCCNC2)CC1. The lowest BCUT2D eigenvalue weighted by atomic mass is 9.82. The zero-order valence-corrected chi connectivity index (χ0v) is 12.4. The van der Waals surface area contributed by atoms with Gasteiger partial charge in [0.1, 0.15) is 0 Å². The van der Waals surface area contributed by atoms with Crippen LogP contribution in [-0.2, 0) is 4.79 Å². The largest absolute Gasteiger partial charge is 0.354 e. The molecule has 0 aromatic heterocycles. The Bertz CT molecular complexity index is 294. The molecule has 2 aliphatic rings. The molecule has 1 atom stereocenters. The summed E-state index contributed by atoms with van der Waals surface area (Å²) in [7, 11) is 2.16. The summed E-state index contributed by atoms with van der Waals surface area (Å²) in [5.74, 6) is 0.217. The molecule has 1 amide bonds. The van der Waals surface area contributed by atoms with Crippen LogP contribution in [0.4, 0.5) is 0 Å². The molecule has 0 spiro atoms. The van der Waals surface area contributed by atoms with Gasteiger partial charge in [-0.2, -0.15) is 0 Å². The minimum atomic E-state index is -0.208. The summed E-state index contributed by atoms with van der Waals surface area (Å²) >= 11 is 0. The number of likely N-dealkylation sites (N-methyl/N-ethyl adjacent to an activating group) is 1. The van der Waals surface area contributed by atoms with E-state index in [-0.39, 0.29) is 11.3 Å². The Labute approximate surface area is 116 Å². The van der Waals surface area contributed by atoms with Crippen LogP contribution in [0.25, 0.3) is 0 Å². The van der Waals surface area contributed by atoms with Crippen molar-refractivity contribution in [2.45, 2.75) is 19.8 Å². The molecule has 5 heteroatoms. The maximum atomic E-state index is 12.2. The Balaban J connectivity index is 1.66. The van der Waals surface area contributed by atoms with Gasteiger partial charge in [-0.25, -0.2) is 0 Å². The van der Waals surface area contributed by atoms with Crippen LogP contribution in [0.1, 0.15) is 19.8 Å². The van der Waals surface area contributed by atoms with E-state index in [4.69, 9.17) is 0 Å². The van der Waals surface area contributed by atoms with Gasteiger partial charge in [0.2, 0.25) is 5.91 Å². The van der Waals surface area contributed by atoms with Crippen molar-refractivity contribution in [3.05, 3.63) is 0 Å². The Hall–Kier alpha value is -0.650. The molecule has 2 N–H and O–H groups in total. The van der Waals surface area contributed by atoms with Crippen LogP contribution in [0.3, 0.4) is 0 Å². The van der Waals surface area contributed by atoms with E-state index in [0.29, 0.717) is 0 Å². The molecular weight excluding hydrogens is 240 g/mol. The van der Waals surface area contributed by atoms with Crippen LogP contribution in [0.15, 0.2) is 0 Å². The van der Waals surface area contributed by atoms with Gasteiger partial charge < -0.3 is 15.5 Å².